The standard InChI is InChI=1S/C15H13NO/c1-11-3-8-15(17-2)14(9-11)13-6-4-12(10-16)5-7-13/h3-9H,1-2H3. The molecular weight excluding hydrogens is 210 g/mol. The number of nitrogens with zero attached hydrogens (tertiary/aromatic N) is 1. The Kier molecular flexibility index (Phi) is 3.11. The van der Waals surface area contributed by atoms with Gasteiger partial charge in [0.1, 0.15) is 5.75 Å². The molecule has 2 rings (SSSR count). The molecule has 84 valence electrons. The van der Waals surface area contributed by atoms with E-state index in [0.29, 0.717) is 5.56 Å². The number of hydrogen-bond acceptors (Lipinski definition) is 2. The molecular formula is C15H13NO. The van der Waals surface area contributed by atoms with Crippen molar-refractivity contribution in [2.45, 2.75) is 6.92 Å². The quantitative estimate of drug-likeness (QED) is 0.780. The van der Waals surface area contributed by atoms with Gasteiger partial charge in [0.25, 0.3) is 0 Å². The molecule has 0 N–H and O–H groups in total. The van der Waals surface area contributed by atoms with Crippen LogP contribution in [-0.4, -0.2) is 7.11 Å². The number of rotatable bonds is 2. The fourth-order valence-electron chi connectivity index (χ4n) is 1.77. The van der Waals surface area contributed by atoms with Gasteiger partial charge in [0.15, 0.2) is 0 Å². The first kappa shape index (κ1) is 11.2. The Morgan fingerprint density at radius 1 is 1.06 bits per heavy atom. The van der Waals surface area contributed by atoms with Gasteiger partial charge in [-0.05, 0) is 36.8 Å². The van der Waals surface area contributed by atoms with Gasteiger partial charge in [-0.3, -0.25) is 0 Å². The normalized spacial score (nSPS) is 9.71. The van der Waals surface area contributed by atoms with E-state index < -0.39 is 0 Å². The maximum absolute atomic E-state index is 8.77. The molecule has 0 unspecified atom stereocenters. The largest absolute Gasteiger partial charge is 0.496 e. The maximum atomic E-state index is 8.77. The van der Waals surface area contributed by atoms with Gasteiger partial charge in [0.05, 0.1) is 18.7 Å². The minimum Gasteiger partial charge on any atom is -0.496 e. The highest BCUT2D eigenvalue weighted by molar-refractivity contribution is 5.71. The summed E-state index contributed by atoms with van der Waals surface area (Å²) in [6, 6.07) is 15.7. The highest BCUT2D eigenvalue weighted by atomic mass is 16.5. The van der Waals surface area contributed by atoms with Crippen LogP contribution < -0.4 is 4.74 Å². The third-order valence-electron chi connectivity index (χ3n) is 2.68. The van der Waals surface area contributed by atoms with E-state index in [1.807, 2.05) is 43.3 Å². The van der Waals surface area contributed by atoms with Crippen LogP contribution in [0.25, 0.3) is 11.1 Å². The lowest BCUT2D eigenvalue weighted by Gasteiger charge is -2.09. The van der Waals surface area contributed by atoms with Crippen molar-refractivity contribution in [2.75, 3.05) is 7.11 Å². The highest BCUT2D eigenvalue weighted by Crippen LogP contribution is 2.30. The fourth-order valence-corrected chi connectivity index (χ4v) is 1.77. The Morgan fingerprint density at radius 3 is 2.35 bits per heavy atom. The monoisotopic (exact) mass is 223 g/mol. The summed E-state index contributed by atoms with van der Waals surface area (Å²) in [5.41, 5.74) is 3.96. The zero-order valence-electron chi connectivity index (χ0n) is 9.90. The fraction of sp³-hybridized carbons (Fsp3) is 0.133. The van der Waals surface area contributed by atoms with Gasteiger partial charge in [0, 0.05) is 5.56 Å². The van der Waals surface area contributed by atoms with Gasteiger partial charge >= 0.3 is 0 Å². The average Bonchev–Trinajstić information content (AvgIpc) is 2.39. The van der Waals surface area contributed by atoms with Crippen molar-refractivity contribution < 1.29 is 4.74 Å². The van der Waals surface area contributed by atoms with Crippen molar-refractivity contribution in [3.05, 3.63) is 53.6 Å². The number of aryl methyl sites for hydroxylation is 1. The molecule has 2 aromatic rings. The van der Waals surface area contributed by atoms with Crippen LogP contribution in [0, 0.1) is 18.3 Å². The van der Waals surface area contributed by atoms with E-state index in [1.54, 1.807) is 7.11 Å². The molecule has 0 aliphatic heterocycles. The zero-order valence-corrected chi connectivity index (χ0v) is 9.90. The molecule has 0 heterocycles. The van der Waals surface area contributed by atoms with Gasteiger partial charge in [-0.15, -0.1) is 0 Å². The molecule has 2 nitrogen and oxygen atoms in total. The topological polar surface area (TPSA) is 33.0 Å². The van der Waals surface area contributed by atoms with Gasteiger partial charge in [-0.1, -0.05) is 23.8 Å². The van der Waals surface area contributed by atoms with Crippen molar-refractivity contribution in [3.8, 4) is 22.9 Å². The van der Waals surface area contributed by atoms with E-state index in [9.17, 15) is 0 Å². The Bertz CT molecular complexity index is 564. The third-order valence-corrected chi connectivity index (χ3v) is 2.68. The molecule has 0 saturated carbocycles. The smallest absolute Gasteiger partial charge is 0.126 e. The minimum atomic E-state index is 0.667. The summed E-state index contributed by atoms with van der Waals surface area (Å²) in [4.78, 5) is 0. The van der Waals surface area contributed by atoms with Crippen molar-refractivity contribution in [3.63, 3.8) is 0 Å². The van der Waals surface area contributed by atoms with Crippen molar-refractivity contribution >= 4 is 0 Å². The summed E-state index contributed by atoms with van der Waals surface area (Å²) in [6.45, 7) is 2.05. The summed E-state index contributed by atoms with van der Waals surface area (Å²) in [7, 11) is 1.66. The number of ether oxygens (including phenoxy) is 1. The molecule has 17 heavy (non-hydrogen) atoms. The lowest BCUT2D eigenvalue weighted by molar-refractivity contribution is 0.416. The Balaban J connectivity index is 2.51. The molecule has 0 aliphatic rings. The van der Waals surface area contributed by atoms with Gasteiger partial charge in [-0.25, -0.2) is 0 Å². The van der Waals surface area contributed by atoms with E-state index in [0.717, 1.165) is 16.9 Å². The Labute approximate surface area is 101 Å². The zero-order chi connectivity index (χ0) is 12.3. The molecule has 0 bridgehead atoms. The van der Waals surface area contributed by atoms with Gasteiger partial charge in [0.2, 0.25) is 0 Å². The molecule has 2 heteroatoms. The van der Waals surface area contributed by atoms with Crippen LogP contribution in [0.15, 0.2) is 42.5 Å². The van der Waals surface area contributed by atoms with E-state index in [-0.39, 0.29) is 0 Å². The molecule has 0 aliphatic carbocycles. The first-order chi connectivity index (χ1) is 8.24. The summed E-state index contributed by atoms with van der Waals surface area (Å²) in [5, 5.41) is 8.77. The SMILES string of the molecule is COc1ccc(C)cc1-c1ccc(C#N)cc1. The molecule has 0 saturated heterocycles. The van der Waals surface area contributed by atoms with Crippen LogP contribution >= 0.6 is 0 Å². The second-order valence-corrected chi connectivity index (χ2v) is 3.89. The molecule has 0 spiro atoms. The molecule has 0 radical (unpaired) electrons. The molecule has 0 aromatic heterocycles. The van der Waals surface area contributed by atoms with Crippen LogP contribution in [0.5, 0.6) is 5.75 Å². The predicted molar refractivity (Wildman–Crippen MR) is 67.9 cm³/mol. The predicted octanol–water partition coefficient (Wildman–Crippen LogP) is 3.54. The Hall–Kier alpha value is -2.27. The molecule has 0 fully saturated rings. The summed E-state index contributed by atoms with van der Waals surface area (Å²) >= 11 is 0. The summed E-state index contributed by atoms with van der Waals surface area (Å²) < 4.78 is 5.35. The number of methoxy groups -OCH3 is 1. The number of benzene rings is 2. The lowest BCUT2D eigenvalue weighted by Crippen LogP contribution is -1.89. The number of hydrogen-bond donors (Lipinski definition) is 0. The second kappa shape index (κ2) is 4.71. The first-order valence-corrected chi connectivity index (χ1v) is 5.40. The van der Waals surface area contributed by atoms with Crippen molar-refractivity contribution in [1.29, 1.82) is 5.26 Å². The lowest BCUT2D eigenvalue weighted by atomic mass is 10.0. The van der Waals surface area contributed by atoms with Crippen molar-refractivity contribution in [1.82, 2.24) is 0 Å². The maximum Gasteiger partial charge on any atom is 0.126 e. The third kappa shape index (κ3) is 2.29. The molecule has 2 aromatic carbocycles. The van der Waals surface area contributed by atoms with Crippen LogP contribution in [0.1, 0.15) is 11.1 Å². The second-order valence-electron chi connectivity index (χ2n) is 3.89. The van der Waals surface area contributed by atoms with E-state index in [2.05, 4.69) is 12.1 Å². The summed E-state index contributed by atoms with van der Waals surface area (Å²) in [6.07, 6.45) is 0. The van der Waals surface area contributed by atoms with Crippen LogP contribution in [0.3, 0.4) is 0 Å². The van der Waals surface area contributed by atoms with Crippen LogP contribution in [0.4, 0.5) is 0 Å². The Morgan fingerprint density at radius 2 is 1.76 bits per heavy atom. The summed E-state index contributed by atoms with van der Waals surface area (Å²) in [5.74, 6) is 0.848. The first-order valence-electron chi connectivity index (χ1n) is 5.40. The molecule has 0 amide bonds. The average molecular weight is 223 g/mol. The van der Waals surface area contributed by atoms with Crippen LogP contribution in [0.2, 0.25) is 0 Å². The van der Waals surface area contributed by atoms with Crippen LogP contribution in [-0.2, 0) is 0 Å². The molecule has 0 atom stereocenters. The van der Waals surface area contributed by atoms with E-state index in [4.69, 9.17) is 10.00 Å². The van der Waals surface area contributed by atoms with E-state index in [1.165, 1.54) is 5.56 Å². The van der Waals surface area contributed by atoms with Gasteiger partial charge in [-0.2, -0.15) is 5.26 Å². The minimum absolute atomic E-state index is 0.667. The number of nitriles is 1. The highest BCUT2D eigenvalue weighted by Gasteiger charge is 2.05. The van der Waals surface area contributed by atoms with E-state index >= 15 is 0 Å². The van der Waals surface area contributed by atoms with Gasteiger partial charge < -0.3 is 4.74 Å². The van der Waals surface area contributed by atoms with Crippen molar-refractivity contribution in [2.24, 2.45) is 0 Å².